The zero-order valence-electron chi connectivity index (χ0n) is 23.2. The monoisotopic (exact) mass is 591 g/mol. The van der Waals surface area contributed by atoms with Gasteiger partial charge in [-0.2, -0.15) is 36.3 Å². The van der Waals surface area contributed by atoms with Gasteiger partial charge in [-0.15, -0.1) is 0 Å². The van der Waals surface area contributed by atoms with E-state index in [-0.39, 0.29) is 36.7 Å². The number of fused-ring (bicyclic) bond motifs is 1. The Labute approximate surface area is 239 Å². The third kappa shape index (κ3) is 6.63. The summed E-state index contributed by atoms with van der Waals surface area (Å²) in [6.07, 6.45) is 0.876. The van der Waals surface area contributed by atoms with E-state index in [0.717, 1.165) is 43.9 Å². The predicted molar refractivity (Wildman–Crippen MR) is 147 cm³/mol. The Morgan fingerprint density at radius 2 is 1.76 bits per heavy atom. The highest BCUT2D eigenvalue weighted by Gasteiger charge is 2.36. The van der Waals surface area contributed by atoms with Gasteiger partial charge in [0, 0.05) is 36.6 Å². The molecule has 2 aromatic heterocycles. The van der Waals surface area contributed by atoms with Gasteiger partial charge in [0.25, 0.3) is 0 Å². The molecule has 6 nitrogen and oxygen atoms in total. The van der Waals surface area contributed by atoms with E-state index in [4.69, 9.17) is 4.74 Å². The maximum absolute atomic E-state index is 13.7. The van der Waals surface area contributed by atoms with Crippen LogP contribution in [0.4, 0.5) is 43.7 Å². The van der Waals surface area contributed by atoms with Gasteiger partial charge in [0.1, 0.15) is 17.7 Å². The summed E-state index contributed by atoms with van der Waals surface area (Å²) in [4.78, 5) is 14.6. The average molecular weight is 592 g/mol. The fraction of sp³-hybridized carbons (Fsp3) is 0.433. The van der Waals surface area contributed by atoms with Crippen molar-refractivity contribution in [1.29, 1.82) is 0 Å². The third-order valence-corrected chi connectivity index (χ3v) is 7.79. The lowest BCUT2D eigenvalue weighted by molar-refractivity contribution is -0.138. The van der Waals surface area contributed by atoms with E-state index < -0.39 is 23.5 Å². The van der Waals surface area contributed by atoms with Crippen LogP contribution in [0.15, 0.2) is 42.7 Å². The van der Waals surface area contributed by atoms with Crippen molar-refractivity contribution in [3.63, 3.8) is 0 Å². The molecule has 0 radical (unpaired) electrons. The molecule has 0 amide bonds. The molecule has 0 spiro atoms. The number of hydrogen-bond donors (Lipinski definition) is 1. The van der Waals surface area contributed by atoms with Gasteiger partial charge in [0.15, 0.2) is 0 Å². The summed E-state index contributed by atoms with van der Waals surface area (Å²) in [6.45, 7) is 3.67. The molecule has 42 heavy (non-hydrogen) atoms. The van der Waals surface area contributed by atoms with Crippen LogP contribution in [0, 0.1) is 12.8 Å². The topological polar surface area (TPSA) is 63.2 Å². The lowest BCUT2D eigenvalue weighted by atomic mass is 9.86. The van der Waals surface area contributed by atoms with E-state index in [0.29, 0.717) is 28.4 Å². The fourth-order valence-electron chi connectivity index (χ4n) is 5.47. The van der Waals surface area contributed by atoms with E-state index in [1.165, 1.54) is 35.9 Å². The molecule has 1 aromatic carbocycles. The Balaban J connectivity index is 1.51. The number of aryl methyl sites for hydroxylation is 1. The molecule has 12 heteroatoms. The second-order valence-corrected chi connectivity index (χ2v) is 10.7. The Bertz CT molecular complexity index is 1450. The van der Waals surface area contributed by atoms with Crippen molar-refractivity contribution in [3.05, 3.63) is 70.7 Å². The first-order chi connectivity index (χ1) is 19.9. The summed E-state index contributed by atoms with van der Waals surface area (Å²) in [7, 11) is 0. The van der Waals surface area contributed by atoms with Gasteiger partial charge in [-0.05, 0) is 74.6 Å². The minimum Gasteiger partial charge on any atom is -0.460 e. The van der Waals surface area contributed by atoms with Crippen molar-refractivity contribution in [2.45, 2.75) is 70.8 Å². The zero-order chi connectivity index (χ0) is 30.1. The predicted octanol–water partition coefficient (Wildman–Crippen LogP) is 8.34. The van der Waals surface area contributed by atoms with Gasteiger partial charge in [-0.25, -0.2) is 4.98 Å². The smallest absolute Gasteiger partial charge is 0.419 e. The number of alkyl halides is 6. The number of hydrogen-bond acceptors (Lipinski definition) is 6. The van der Waals surface area contributed by atoms with E-state index >= 15 is 0 Å². The number of anilines is 3. The molecule has 1 unspecified atom stereocenters. The van der Waals surface area contributed by atoms with Gasteiger partial charge < -0.3 is 15.0 Å². The number of benzene rings is 1. The molecular weight excluding hydrogens is 560 g/mol. The molecule has 224 valence electrons. The molecule has 2 aliphatic rings. The first-order valence-corrected chi connectivity index (χ1v) is 13.9. The highest BCUT2D eigenvalue weighted by Crippen LogP contribution is 2.38. The minimum absolute atomic E-state index is 0.106. The summed E-state index contributed by atoms with van der Waals surface area (Å²) in [5, 5.41) is 3.13. The van der Waals surface area contributed by atoms with Gasteiger partial charge in [-0.3, -0.25) is 0 Å². The number of nitrogens with zero attached hydrogens (tertiary/aromatic N) is 4. The van der Waals surface area contributed by atoms with Crippen molar-refractivity contribution >= 4 is 23.4 Å². The second-order valence-electron chi connectivity index (χ2n) is 10.7. The van der Waals surface area contributed by atoms with Crippen LogP contribution in [-0.4, -0.2) is 27.6 Å². The summed E-state index contributed by atoms with van der Waals surface area (Å²) in [6, 6.07) is 5.67. The van der Waals surface area contributed by atoms with Crippen molar-refractivity contribution in [2.24, 2.45) is 5.92 Å². The largest absolute Gasteiger partial charge is 0.460 e. The van der Waals surface area contributed by atoms with Crippen LogP contribution in [0.25, 0.3) is 6.08 Å². The van der Waals surface area contributed by atoms with Crippen LogP contribution in [0.5, 0.6) is 6.01 Å². The number of halogens is 6. The maximum atomic E-state index is 13.7. The van der Waals surface area contributed by atoms with Crippen LogP contribution in [0.3, 0.4) is 0 Å². The van der Waals surface area contributed by atoms with Crippen LogP contribution in [-0.2, 0) is 18.8 Å². The minimum atomic E-state index is -4.60. The summed E-state index contributed by atoms with van der Waals surface area (Å²) in [5.74, 6) is 0.386. The van der Waals surface area contributed by atoms with E-state index in [9.17, 15) is 26.3 Å². The SMILES string of the molecule is Cc1cc(C(F)(F)F)ccc1Nc1nc(OC(C)C2CCCCC2)nc2c1C=CN(c1ncccc1C(F)(F)F)CC2. The second kappa shape index (κ2) is 11.8. The highest BCUT2D eigenvalue weighted by atomic mass is 19.4. The number of ether oxygens (including phenoxy) is 1. The molecule has 1 aliphatic carbocycles. The molecule has 1 aliphatic heterocycles. The highest BCUT2D eigenvalue weighted by molar-refractivity contribution is 5.74. The maximum Gasteiger partial charge on any atom is 0.419 e. The Hall–Kier alpha value is -3.83. The van der Waals surface area contributed by atoms with Gasteiger partial charge >= 0.3 is 18.4 Å². The fourth-order valence-corrected chi connectivity index (χ4v) is 5.47. The molecule has 1 saturated carbocycles. The van der Waals surface area contributed by atoms with Crippen molar-refractivity contribution in [1.82, 2.24) is 15.0 Å². The lowest BCUT2D eigenvalue weighted by Gasteiger charge is -2.27. The number of pyridine rings is 1. The number of nitrogens with one attached hydrogen (secondary N) is 1. The normalized spacial score (nSPS) is 17.0. The molecular formula is C30H31F6N5O. The standard InChI is InChI=1S/C30H31F6N5O/c1-18-17-21(29(31,32)33)10-11-24(18)38-26-22-12-15-41(27-23(30(34,35)36)9-6-14-37-27)16-13-25(22)39-28(40-26)42-19(2)20-7-4-3-5-8-20/h6,9-12,14-15,17,19-20H,3-5,7-8,13,16H2,1-2H3,(H,38,39,40). The Morgan fingerprint density at radius 3 is 2.45 bits per heavy atom. The molecule has 3 heterocycles. The first kappa shape index (κ1) is 29.7. The third-order valence-electron chi connectivity index (χ3n) is 7.79. The van der Waals surface area contributed by atoms with Gasteiger partial charge in [0.2, 0.25) is 0 Å². The van der Waals surface area contributed by atoms with Crippen molar-refractivity contribution < 1.29 is 31.1 Å². The molecule has 1 fully saturated rings. The van der Waals surface area contributed by atoms with E-state index in [2.05, 4.69) is 20.3 Å². The molecule has 0 saturated heterocycles. The zero-order valence-corrected chi connectivity index (χ0v) is 23.2. The molecule has 1 N–H and O–H groups in total. The Kier molecular flexibility index (Phi) is 8.34. The van der Waals surface area contributed by atoms with Crippen molar-refractivity contribution in [3.8, 4) is 6.01 Å². The summed E-state index contributed by atoms with van der Waals surface area (Å²) in [5.41, 5.74) is 0.135. The molecule has 3 aromatic rings. The summed E-state index contributed by atoms with van der Waals surface area (Å²) >= 11 is 0. The van der Waals surface area contributed by atoms with Gasteiger partial charge in [-0.1, -0.05) is 19.3 Å². The Morgan fingerprint density at radius 1 is 1.00 bits per heavy atom. The van der Waals surface area contributed by atoms with Crippen LogP contribution in [0.1, 0.15) is 67.0 Å². The van der Waals surface area contributed by atoms with Crippen LogP contribution < -0.4 is 15.0 Å². The van der Waals surface area contributed by atoms with Crippen LogP contribution in [0.2, 0.25) is 0 Å². The van der Waals surface area contributed by atoms with E-state index in [1.54, 1.807) is 13.0 Å². The summed E-state index contributed by atoms with van der Waals surface area (Å²) < 4.78 is 87.2. The number of rotatable bonds is 6. The van der Waals surface area contributed by atoms with E-state index in [1.807, 2.05) is 6.92 Å². The average Bonchev–Trinajstić information content (AvgIpc) is 3.16. The number of aromatic nitrogens is 3. The van der Waals surface area contributed by atoms with Crippen molar-refractivity contribution in [2.75, 3.05) is 16.8 Å². The van der Waals surface area contributed by atoms with Crippen LogP contribution >= 0.6 is 0 Å². The lowest BCUT2D eigenvalue weighted by Crippen LogP contribution is -2.27. The first-order valence-electron chi connectivity index (χ1n) is 13.9. The molecule has 1 atom stereocenters. The molecule has 0 bridgehead atoms. The quantitative estimate of drug-likeness (QED) is 0.291. The van der Waals surface area contributed by atoms with Gasteiger partial charge in [0.05, 0.1) is 16.8 Å². The molecule has 5 rings (SSSR count).